The summed E-state index contributed by atoms with van der Waals surface area (Å²) in [6.45, 7) is 7.86. The van der Waals surface area contributed by atoms with Crippen LogP contribution in [-0.4, -0.2) is 22.8 Å². The molecule has 2 rings (SSSR count). The van der Waals surface area contributed by atoms with Crippen molar-refractivity contribution in [1.82, 2.24) is 4.98 Å². The Morgan fingerprint density at radius 1 is 1.61 bits per heavy atom. The quantitative estimate of drug-likeness (QED) is 0.581. The molecule has 1 aromatic carbocycles. The summed E-state index contributed by atoms with van der Waals surface area (Å²) in [4.78, 5) is 17.5. The fourth-order valence-electron chi connectivity index (χ4n) is 1.93. The Kier molecular flexibility index (Phi) is 5.31. The van der Waals surface area contributed by atoms with Crippen molar-refractivity contribution in [3.8, 4) is 16.6 Å². The van der Waals surface area contributed by atoms with Crippen molar-refractivity contribution in [3.63, 3.8) is 0 Å². The lowest BCUT2D eigenvalue weighted by molar-refractivity contribution is 0.0531. The van der Waals surface area contributed by atoms with Crippen molar-refractivity contribution >= 4 is 29.1 Å². The number of ether oxygens (including phenoxy) is 1. The normalized spacial score (nSPS) is 11.2. The molecular weight excluding hydrogens is 328 g/mol. The van der Waals surface area contributed by atoms with Gasteiger partial charge in [0.1, 0.15) is 16.0 Å². The van der Waals surface area contributed by atoms with Gasteiger partial charge in [0.25, 0.3) is 0 Å². The molecule has 1 aromatic heterocycles. The smallest absolute Gasteiger partial charge is 0.350 e. The first-order chi connectivity index (χ1) is 11.4. The molecule has 0 bridgehead atoms. The summed E-state index contributed by atoms with van der Waals surface area (Å²) >= 11 is 2.72. The van der Waals surface area contributed by atoms with Crippen LogP contribution >= 0.6 is 23.1 Å². The Morgan fingerprint density at radius 3 is 2.96 bits per heavy atom. The molecule has 0 aliphatic rings. The van der Waals surface area contributed by atoms with Gasteiger partial charge >= 0.3 is 5.97 Å². The molecule has 0 saturated heterocycles. The molecule has 0 spiro atoms. The number of thioether (sulfide) groups is 1. The van der Waals surface area contributed by atoms with E-state index in [0.29, 0.717) is 44.3 Å². The van der Waals surface area contributed by atoms with Crippen LogP contribution in [0, 0.1) is 18.3 Å². The maximum atomic E-state index is 11.9. The van der Waals surface area contributed by atoms with E-state index in [1.807, 2.05) is 13.8 Å². The predicted molar refractivity (Wildman–Crippen MR) is 94.0 cm³/mol. The lowest BCUT2D eigenvalue weighted by Crippen LogP contribution is -2.03. The van der Waals surface area contributed by atoms with Crippen LogP contribution in [0.1, 0.15) is 43.1 Å². The van der Waals surface area contributed by atoms with Crippen molar-refractivity contribution in [1.29, 1.82) is 5.26 Å². The summed E-state index contributed by atoms with van der Waals surface area (Å²) in [6.07, 6.45) is 0. The van der Waals surface area contributed by atoms with Gasteiger partial charge in [0, 0.05) is 15.7 Å². The summed E-state index contributed by atoms with van der Waals surface area (Å²) in [5.74, 6) is -0.391. The fourth-order valence-corrected chi connectivity index (χ4v) is 3.71. The Morgan fingerprint density at radius 2 is 2.35 bits per heavy atom. The maximum Gasteiger partial charge on any atom is 0.350 e. The minimum Gasteiger partial charge on any atom is -0.462 e. The first-order valence-electron chi connectivity index (χ1n) is 7.73. The Hall–Kier alpha value is -1.84. The SMILES string of the molecule is [2H]c1cc(-c2nc(C)c(C(=O)OCC)s2)cc(C#N)c1SC(C)C. The summed E-state index contributed by atoms with van der Waals surface area (Å²) in [5, 5.41) is 10.3. The maximum absolute atomic E-state index is 11.9. The molecule has 2 aromatic rings. The van der Waals surface area contributed by atoms with E-state index in [2.05, 4.69) is 11.1 Å². The molecule has 0 unspecified atom stereocenters. The van der Waals surface area contributed by atoms with E-state index < -0.39 is 5.97 Å². The van der Waals surface area contributed by atoms with Crippen LogP contribution in [0.5, 0.6) is 0 Å². The molecule has 0 N–H and O–H groups in total. The second-order valence-corrected chi connectivity index (χ2v) is 7.65. The molecule has 120 valence electrons. The molecule has 0 aliphatic heterocycles. The molecular formula is C17H18N2O2S2. The predicted octanol–water partition coefficient (Wildman–Crippen LogP) is 4.67. The number of esters is 1. The highest BCUT2D eigenvalue weighted by Gasteiger charge is 2.18. The van der Waals surface area contributed by atoms with Gasteiger partial charge in [0.05, 0.1) is 19.2 Å². The summed E-state index contributed by atoms with van der Waals surface area (Å²) in [5.41, 5.74) is 1.73. The van der Waals surface area contributed by atoms with E-state index in [1.165, 1.54) is 23.1 Å². The number of benzene rings is 1. The topological polar surface area (TPSA) is 63.0 Å². The molecule has 6 heteroatoms. The highest BCUT2D eigenvalue weighted by atomic mass is 32.2. The van der Waals surface area contributed by atoms with Crippen LogP contribution in [-0.2, 0) is 4.74 Å². The van der Waals surface area contributed by atoms with Crippen LogP contribution < -0.4 is 0 Å². The number of carbonyl (C=O) groups excluding carboxylic acids is 1. The lowest BCUT2D eigenvalue weighted by Gasteiger charge is -2.07. The van der Waals surface area contributed by atoms with Crippen LogP contribution in [0.2, 0.25) is 0 Å². The molecule has 0 amide bonds. The van der Waals surface area contributed by atoms with E-state index in [0.717, 1.165) is 0 Å². The molecule has 0 saturated carbocycles. The number of rotatable bonds is 5. The third kappa shape index (κ3) is 4.12. The summed E-state index contributed by atoms with van der Waals surface area (Å²) < 4.78 is 13.3. The number of hydrogen-bond acceptors (Lipinski definition) is 6. The van der Waals surface area contributed by atoms with E-state index in [4.69, 9.17) is 6.11 Å². The third-order valence-corrected chi connectivity index (χ3v) is 5.11. The molecule has 0 radical (unpaired) electrons. The van der Waals surface area contributed by atoms with E-state index in [-0.39, 0.29) is 5.25 Å². The largest absolute Gasteiger partial charge is 0.462 e. The number of carbonyl (C=O) groups is 1. The number of nitriles is 1. The van der Waals surface area contributed by atoms with Gasteiger partial charge in [-0.15, -0.1) is 23.1 Å². The van der Waals surface area contributed by atoms with Crippen molar-refractivity contribution in [2.24, 2.45) is 0 Å². The van der Waals surface area contributed by atoms with Gasteiger partial charge in [-0.05, 0) is 26.0 Å². The molecule has 0 atom stereocenters. The van der Waals surface area contributed by atoms with Gasteiger partial charge in [0.2, 0.25) is 0 Å². The molecule has 23 heavy (non-hydrogen) atoms. The second-order valence-electron chi connectivity index (χ2n) is 5.06. The number of thiazole rings is 1. The molecule has 0 fully saturated rings. The fraction of sp³-hybridized carbons (Fsp3) is 0.353. The first kappa shape index (κ1) is 16.0. The summed E-state index contributed by atoms with van der Waals surface area (Å²) in [7, 11) is 0. The minimum absolute atomic E-state index is 0.282. The van der Waals surface area contributed by atoms with Crippen LogP contribution in [0.15, 0.2) is 23.1 Å². The zero-order valence-corrected chi connectivity index (χ0v) is 15.1. The van der Waals surface area contributed by atoms with Gasteiger partial charge in [-0.2, -0.15) is 5.26 Å². The monoisotopic (exact) mass is 347 g/mol. The zero-order chi connectivity index (χ0) is 17.9. The van der Waals surface area contributed by atoms with E-state index in [9.17, 15) is 10.1 Å². The molecule has 0 aliphatic carbocycles. The number of nitrogens with zero attached hydrogens (tertiary/aromatic N) is 2. The first-order valence-corrected chi connectivity index (χ1v) is 8.93. The number of hydrogen-bond donors (Lipinski definition) is 0. The molecule has 1 heterocycles. The van der Waals surface area contributed by atoms with Crippen LogP contribution in [0.25, 0.3) is 10.6 Å². The standard InChI is InChI=1S/C17H18N2O2S2/c1-5-21-17(20)15-11(4)19-16(23-15)12-6-7-14(22-10(2)3)13(8-12)9-18/h6-8,10H,5H2,1-4H3/i7D. The van der Waals surface area contributed by atoms with Crippen molar-refractivity contribution in [3.05, 3.63) is 34.3 Å². The summed E-state index contributed by atoms with van der Waals surface area (Å²) in [6, 6.07) is 5.89. The van der Waals surface area contributed by atoms with Gasteiger partial charge in [-0.25, -0.2) is 9.78 Å². The van der Waals surface area contributed by atoms with Crippen molar-refractivity contribution in [2.75, 3.05) is 6.61 Å². The highest BCUT2D eigenvalue weighted by Crippen LogP contribution is 2.33. The Balaban J connectivity index is 2.47. The highest BCUT2D eigenvalue weighted by molar-refractivity contribution is 8.00. The van der Waals surface area contributed by atoms with Crippen molar-refractivity contribution in [2.45, 2.75) is 37.8 Å². The van der Waals surface area contributed by atoms with E-state index in [1.54, 1.807) is 26.0 Å². The zero-order valence-electron chi connectivity index (χ0n) is 14.5. The van der Waals surface area contributed by atoms with Crippen LogP contribution in [0.4, 0.5) is 0 Å². The Bertz CT molecular complexity index is 810. The average molecular weight is 347 g/mol. The average Bonchev–Trinajstić information content (AvgIpc) is 2.91. The van der Waals surface area contributed by atoms with Gasteiger partial charge in [-0.1, -0.05) is 19.9 Å². The molecule has 4 nitrogen and oxygen atoms in total. The van der Waals surface area contributed by atoms with Gasteiger partial charge in [0.15, 0.2) is 0 Å². The third-order valence-electron chi connectivity index (χ3n) is 2.88. The number of aromatic nitrogens is 1. The lowest BCUT2D eigenvalue weighted by atomic mass is 10.1. The van der Waals surface area contributed by atoms with E-state index >= 15 is 0 Å². The van der Waals surface area contributed by atoms with Gasteiger partial charge in [-0.3, -0.25) is 0 Å². The van der Waals surface area contributed by atoms with Crippen LogP contribution in [0.3, 0.4) is 0 Å². The second kappa shape index (κ2) is 7.62. The number of aryl methyl sites for hydroxylation is 1. The Labute approximate surface area is 145 Å². The van der Waals surface area contributed by atoms with Crippen molar-refractivity contribution < 1.29 is 10.9 Å². The van der Waals surface area contributed by atoms with Gasteiger partial charge < -0.3 is 4.74 Å². The minimum atomic E-state index is -0.391.